The van der Waals surface area contributed by atoms with Gasteiger partial charge in [0.25, 0.3) is 0 Å². The van der Waals surface area contributed by atoms with E-state index in [1.807, 2.05) is 61.5 Å². The molecule has 0 unspecified atom stereocenters. The van der Waals surface area contributed by atoms with Gasteiger partial charge in [0.15, 0.2) is 0 Å². The summed E-state index contributed by atoms with van der Waals surface area (Å²) in [4.78, 5) is 11.2. The van der Waals surface area contributed by atoms with Gasteiger partial charge in [-0.15, -0.1) is 0 Å². The third-order valence-corrected chi connectivity index (χ3v) is 5.05. The molecule has 1 aliphatic carbocycles. The summed E-state index contributed by atoms with van der Waals surface area (Å²) in [6.07, 6.45) is 2.30. The van der Waals surface area contributed by atoms with Crippen LogP contribution in [0.25, 0.3) is 11.1 Å². The molecule has 0 bridgehead atoms. The van der Waals surface area contributed by atoms with E-state index in [1.54, 1.807) is 12.1 Å². The smallest absolute Gasteiger partial charge is 0.307 e. The molecule has 1 fully saturated rings. The maximum absolute atomic E-state index is 11.2. The van der Waals surface area contributed by atoms with Crippen LogP contribution in [0.4, 0.5) is 0 Å². The molecule has 0 radical (unpaired) electrons. The monoisotopic (exact) mass is 418 g/mol. The SMILES string of the molecule is CCOc1ccc(-c2cccc(Oc3cc(CC(=O)O)cc(OCC4CC4)c3)c2)cc1. The molecule has 3 aromatic carbocycles. The molecule has 0 atom stereocenters. The molecular weight excluding hydrogens is 392 g/mol. The maximum atomic E-state index is 11.2. The van der Waals surface area contributed by atoms with Crippen molar-refractivity contribution < 1.29 is 24.1 Å². The lowest BCUT2D eigenvalue weighted by molar-refractivity contribution is -0.136. The second kappa shape index (κ2) is 9.56. The predicted octanol–water partition coefficient (Wildman–Crippen LogP) is 5.96. The lowest BCUT2D eigenvalue weighted by atomic mass is 10.1. The maximum Gasteiger partial charge on any atom is 0.307 e. The first-order chi connectivity index (χ1) is 15.1. The van der Waals surface area contributed by atoms with Gasteiger partial charge in [0.1, 0.15) is 23.0 Å². The van der Waals surface area contributed by atoms with Gasteiger partial charge in [-0.3, -0.25) is 4.79 Å². The average molecular weight is 418 g/mol. The van der Waals surface area contributed by atoms with Gasteiger partial charge in [0.05, 0.1) is 19.6 Å². The van der Waals surface area contributed by atoms with E-state index in [9.17, 15) is 9.90 Å². The Labute approximate surface area is 182 Å². The largest absolute Gasteiger partial charge is 0.494 e. The number of benzene rings is 3. The van der Waals surface area contributed by atoms with Crippen molar-refractivity contribution in [3.8, 4) is 34.1 Å². The third kappa shape index (κ3) is 6.01. The van der Waals surface area contributed by atoms with Crippen LogP contribution in [0.15, 0.2) is 66.7 Å². The highest BCUT2D eigenvalue weighted by Gasteiger charge is 2.22. The molecule has 0 aliphatic heterocycles. The van der Waals surface area contributed by atoms with Crippen LogP contribution >= 0.6 is 0 Å². The summed E-state index contributed by atoms with van der Waals surface area (Å²) in [7, 11) is 0. The van der Waals surface area contributed by atoms with Gasteiger partial charge in [-0.05, 0) is 78.8 Å². The van der Waals surface area contributed by atoms with Crippen LogP contribution in [0.3, 0.4) is 0 Å². The van der Waals surface area contributed by atoms with Crippen LogP contribution in [0.2, 0.25) is 0 Å². The summed E-state index contributed by atoms with van der Waals surface area (Å²) in [5, 5.41) is 9.19. The molecule has 0 spiro atoms. The number of rotatable bonds is 10. The van der Waals surface area contributed by atoms with Gasteiger partial charge in [-0.1, -0.05) is 24.3 Å². The third-order valence-electron chi connectivity index (χ3n) is 5.05. The van der Waals surface area contributed by atoms with Gasteiger partial charge >= 0.3 is 5.97 Å². The summed E-state index contributed by atoms with van der Waals surface area (Å²) in [5.41, 5.74) is 2.73. The zero-order valence-corrected chi connectivity index (χ0v) is 17.5. The molecule has 0 amide bonds. The van der Waals surface area contributed by atoms with Crippen molar-refractivity contribution in [3.05, 3.63) is 72.3 Å². The highest BCUT2D eigenvalue weighted by atomic mass is 16.5. The minimum absolute atomic E-state index is 0.0802. The number of aliphatic carboxylic acids is 1. The van der Waals surface area contributed by atoms with Crippen LogP contribution in [0.5, 0.6) is 23.0 Å². The van der Waals surface area contributed by atoms with E-state index < -0.39 is 5.97 Å². The zero-order chi connectivity index (χ0) is 21.6. The van der Waals surface area contributed by atoms with E-state index in [-0.39, 0.29) is 6.42 Å². The van der Waals surface area contributed by atoms with Gasteiger partial charge < -0.3 is 19.3 Å². The van der Waals surface area contributed by atoms with Gasteiger partial charge in [0.2, 0.25) is 0 Å². The Morgan fingerprint density at radius 3 is 2.35 bits per heavy atom. The van der Waals surface area contributed by atoms with E-state index >= 15 is 0 Å². The van der Waals surface area contributed by atoms with Crippen molar-refractivity contribution in [1.82, 2.24) is 0 Å². The Morgan fingerprint density at radius 2 is 1.65 bits per heavy atom. The number of carbonyl (C=O) groups is 1. The number of carboxylic acid groups (broad SMARTS) is 1. The van der Waals surface area contributed by atoms with E-state index in [0.29, 0.717) is 41.9 Å². The summed E-state index contributed by atoms with van der Waals surface area (Å²) in [5.74, 6) is 2.44. The molecule has 0 aromatic heterocycles. The van der Waals surface area contributed by atoms with Crippen molar-refractivity contribution in [2.45, 2.75) is 26.2 Å². The molecule has 0 heterocycles. The molecule has 1 N–H and O–H groups in total. The number of hydrogen-bond acceptors (Lipinski definition) is 4. The second-order valence-electron chi connectivity index (χ2n) is 7.72. The van der Waals surface area contributed by atoms with Crippen molar-refractivity contribution in [3.63, 3.8) is 0 Å². The van der Waals surface area contributed by atoms with E-state index in [0.717, 1.165) is 16.9 Å². The fraction of sp³-hybridized carbons (Fsp3) is 0.269. The molecule has 1 saturated carbocycles. The van der Waals surface area contributed by atoms with Crippen LogP contribution < -0.4 is 14.2 Å². The van der Waals surface area contributed by atoms with Crippen LogP contribution in [-0.4, -0.2) is 24.3 Å². The van der Waals surface area contributed by atoms with E-state index in [1.165, 1.54) is 12.8 Å². The second-order valence-corrected chi connectivity index (χ2v) is 7.72. The lowest BCUT2D eigenvalue weighted by Crippen LogP contribution is -2.03. The standard InChI is InChI=1S/C26H26O5/c1-2-29-22-10-8-20(9-11-22)21-4-3-5-23(15-21)31-25-13-19(14-26(27)28)12-24(16-25)30-17-18-6-7-18/h3-5,8-13,15-16,18H,2,6-7,14,17H2,1H3,(H,27,28). The normalized spacial score (nSPS) is 12.9. The minimum atomic E-state index is -0.886. The lowest BCUT2D eigenvalue weighted by Gasteiger charge is -2.12. The molecular formula is C26H26O5. The average Bonchev–Trinajstić information content (AvgIpc) is 3.57. The highest BCUT2D eigenvalue weighted by molar-refractivity contribution is 5.71. The van der Waals surface area contributed by atoms with Crippen molar-refractivity contribution >= 4 is 5.97 Å². The predicted molar refractivity (Wildman–Crippen MR) is 119 cm³/mol. The van der Waals surface area contributed by atoms with Crippen LogP contribution in [0.1, 0.15) is 25.3 Å². The summed E-state index contributed by atoms with van der Waals surface area (Å²) in [6.45, 7) is 3.25. The van der Waals surface area contributed by atoms with Crippen molar-refractivity contribution in [2.75, 3.05) is 13.2 Å². The zero-order valence-electron chi connectivity index (χ0n) is 17.5. The quantitative estimate of drug-likeness (QED) is 0.440. The van der Waals surface area contributed by atoms with Crippen molar-refractivity contribution in [2.24, 2.45) is 5.92 Å². The number of hydrogen-bond donors (Lipinski definition) is 1. The van der Waals surface area contributed by atoms with Gasteiger partial charge in [-0.25, -0.2) is 0 Å². The Kier molecular flexibility index (Phi) is 6.41. The first-order valence-corrected chi connectivity index (χ1v) is 10.6. The molecule has 5 nitrogen and oxygen atoms in total. The summed E-state index contributed by atoms with van der Waals surface area (Å²) >= 11 is 0. The molecule has 0 saturated heterocycles. The Morgan fingerprint density at radius 1 is 0.871 bits per heavy atom. The fourth-order valence-electron chi connectivity index (χ4n) is 3.33. The number of ether oxygens (including phenoxy) is 3. The topological polar surface area (TPSA) is 65.0 Å². The molecule has 5 heteroatoms. The van der Waals surface area contributed by atoms with Crippen LogP contribution in [-0.2, 0) is 11.2 Å². The molecule has 4 rings (SSSR count). The van der Waals surface area contributed by atoms with E-state index in [2.05, 4.69) is 0 Å². The first kappa shape index (κ1) is 20.8. The van der Waals surface area contributed by atoms with Crippen LogP contribution in [0, 0.1) is 5.92 Å². The molecule has 1 aliphatic rings. The molecule has 31 heavy (non-hydrogen) atoms. The molecule has 3 aromatic rings. The van der Waals surface area contributed by atoms with Gasteiger partial charge in [0, 0.05) is 6.07 Å². The van der Waals surface area contributed by atoms with Gasteiger partial charge in [-0.2, -0.15) is 0 Å². The Bertz CT molecular complexity index is 1040. The summed E-state index contributed by atoms with van der Waals surface area (Å²) < 4.78 is 17.5. The Hall–Kier alpha value is -3.47. The Balaban J connectivity index is 1.54. The molecule has 160 valence electrons. The summed E-state index contributed by atoms with van der Waals surface area (Å²) in [6, 6.07) is 21.1. The highest BCUT2D eigenvalue weighted by Crippen LogP contribution is 2.33. The fourth-order valence-corrected chi connectivity index (χ4v) is 3.33. The van der Waals surface area contributed by atoms with E-state index in [4.69, 9.17) is 14.2 Å². The number of carboxylic acids is 1. The minimum Gasteiger partial charge on any atom is -0.494 e. The first-order valence-electron chi connectivity index (χ1n) is 10.6. The van der Waals surface area contributed by atoms with Crippen molar-refractivity contribution in [1.29, 1.82) is 0 Å².